The molecule has 0 aliphatic carbocycles. The third kappa shape index (κ3) is 5.06. The number of rotatable bonds is 7. The number of carbonyl (C=O) groups is 3. The van der Waals surface area contributed by atoms with Gasteiger partial charge in [0.15, 0.2) is 6.61 Å². The standard InChI is InChI=1S/C23H22N4O6/c1-26-20(24)19(22(31)27(2)23(26)32)17(28)13-33-18(29)12-25-21(30)16-10-8-15(9-11-16)14-6-4-3-5-7-14/h3-11H,12-13,24H2,1-2H3,(H,25,30). The molecule has 0 atom stereocenters. The van der Waals surface area contributed by atoms with Crippen molar-refractivity contribution in [2.45, 2.75) is 0 Å². The lowest BCUT2D eigenvalue weighted by Gasteiger charge is -2.11. The largest absolute Gasteiger partial charge is 0.456 e. The van der Waals surface area contributed by atoms with Gasteiger partial charge in [-0.05, 0) is 23.3 Å². The second kappa shape index (κ2) is 9.77. The Morgan fingerprint density at radius 1 is 0.909 bits per heavy atom. The van der Waals surface area contributed by atoms with Crippen molar-refractivity contribution >= 4 is 23.5 Å². The molecule has 33 heavy (non-hydrogen) atoms. The SMILES string of the molecule is Cn1c(N)c(C(=O)COC(=O)CNC(=O)c2ccc(-c3ccccc3)cc2)c(=O)n(C)c1=O. The minimum Gasteiger partial charge on any atom is -0.456 e. The van der Waals surface area contributed by atoms with Crippen molar-refractivity contribution < 1.29 is 19.1 Å². The fourth-order valence-electron chi connectivity index (χ4n) is 3.09. The molecule has 0 saturated carbocycles. The summed E-state index contributed by atoms with van der Waals surface area (Å²) in [6.07, 6.45) is 0. The molecule has 1 aromatic heterocycles. The van der Waals surface area contributed by atoms with E-state index >= 15 is 0 Å². The lowest BCUT2D eigenvalue weighted by atomic mass is 10.0. The quantitative estimate of drug-likeness (QED) is 0.394. The van der Waals surface area contributed by atoms with E-state index in [0.29, 0.717) is 5.56 Å². The van der Waals surface area contributed by atoms with Crippen molar-refractivity contribution in [1.82, 2.24) is 14.5 Å². The van der Waals surface area contributed by atoms with E-state index in [2.05, 4.69) is 5.32 Å². The molecular formula is C23H22N4O6. The Hall–Kier alpha value is -4.47. The molecule has 10 nitrogen and oxygen atoms in total. The number of hydrogen-bond acceptors (Lipinski definition) is 7. The number of Topliss-reactive ketones (excluding diaryl/α,β-unsaturated/α-hetero) is 1. The summed E-state index contributed by atoms with van der Waals surface area (Å²) in [6.45, 7) is -1.24. The minimum absolute atomic E-state index is 0.323. The van der Waals surface area contributed by atoms with Crippen molar-refractivity contribution in [2.24, 2.45) is 14.1 Å². The molecular weight excluding hydrogens is 428 g/mol. The number of aromatic nitrogens is 2. The number of carbonyl (C=O) groups excluding carboxylic acids is 3. The van der Waals surface area contributed by atoms with E-state index in [4.69, 9.17) is 10.5 Å². The van der Waals surface area contributed by atoms with E-state index in [1.807, 2.05) is 30.3 Å². The van der Waals surface area contributed by atoms with Gasteiger partial charge in [-0.2, -0.15) is 0 Å². The van der Waals surface area contributed by atoms with Crippen LogP contribution in [0.5, 0.6) is 0 Å². The van der Waals surface area contributed by atoms with Crippen LogP contribution < -0.4 is 22.3 Å². The monoisotopic (exact) mass is 450 g/mol. The van der Waals surface area contributed by atoms with Gasteiger partial charge in [-0.25, -0.2) is 4.79 Å². The lowest BCUT2D eigenvalue weighted by molar-refractivity contribution is -0.141. The first kappa shape index (κ1) is 23.2. The predicted molar refractivity (Wildman–Crippen MR) is 121 cm³/mol. The van der Waals surface area contributed by atoms with Gasteiger partial charge >= 0.3 is 11.7 Å². The molecule has 0 bridgehead atoms. The second-order valence-electron chi connectivity index (χ2n) is 7.18. The number of amides is 1. The number of ether oxygens (including phenoxy) is 1. The molecule has 3 rings (SSSR count). The van der Waals surface area contributed by atoms with E-state index < -0.39 is 47.6 Å². The molecule has 3 N–H and O–H groups in total. The molecule has 0 fully saturated rings. The number of nitrogen functional groups attached to an aromatic ring is 1. The summed E-state index contributed by atoms with van der Waals surface area (Å²) in [7, 11) is 2.51. The van der Waals surface area contributed by atoms with Crippen molar-refractivity contribution in [2.75, 3.05) is 18.9 Å². The fourth-order valence-corrected chi connectivity index (χ4v) is 3.09. The highest BCUT2D eigenvalue weighted by molar-refractivity contribution is 6.01. The van der Waals surface area contributed by atoms with Gasteiger partial charge in [0.25, 0.3) is 11.5 Å². The highest BCUT2D eigenvalue weighted by Gasteiger charge is 2.21. The van der Waals surface area contributed by atoms with E-state index in [9.17, 15) is 24.0 Å². The van der Waals surface area contributed by atoms with Crippen molar-refractivity contribution in [3.8, 4) is 11.1 Å². The van der Waals surface area contributed by atoms with Gasteiger partial charge in [-0.15, -0.1) is 0 Å². The Morgan fingerprint density at radius 2 is 1.52 bits per heavy atom. The van der Waals surface area contributed by atoms with Crippen LogP contribution in [0.3, 0.4) is 0 Å². The molecule has 0 spiro atoms. The first-order valence-corrected chi connectivity index (χ1v) is 9.88. The summed E-state index contributed by atoms with van der Waals surface area (Å²) < 4.78 is 6.52. The van der Waals surface area contributed by atoms with Gasteiger partial charge in [0.2, 0.25) is 5.78 Å². The Bertz CT molecular complexity index is 1320. The number of nitrogens with one attached hydrogen (secondary N) is 1. The van der Waals surface area contributed by atoms with E-state index in [1.54, 1.807) is 24.3 Å². The van der Waals surface area contributed by atoms with Crippen LogP contribution in [-0.4, -0.2) is 39.9 Å². The third-order valence-corrected chi connectivity index (χ3v) is 5.00. The summed E-state index contributed by atoms with van der Waals surface area (Å²) in [5.41, 5.74) is 5.97. The normalized spacial score (nSPS) is 10.5. The van der Waals surface area contributed by atoms with Gasteiger partial charge in [-0.3, -0.25) is 28.3 Å². The summed E-state index contributed by atoms with van der Waals surface area (Å²) >= 11 is 0. The number of benzene rings is 2. The average Bonchev–Trinajstić information content (AvgIpc) is 2.84. The van der Waals surface area contributed by atoms with Crippen LogP contribution in [0.25, 0.3) is 11.1 Å². The summed E-state index contributed by atoms with van der Waals surface area (Å²) in [5, 5.41) is 2.41. The zero-order valence-electron chi connectivity index (χ0n) is 18.0. The Balaban J connectivity index is 1.56. The van der Waals surface area contributed by atoms with Crippen LogP contribution in [0, 0.1) is 0 Å². The van der Waals surface area contributed by atoms with Gasteiger partial charge in [0.05, 0.1) is 0 Å². The number of nitrogens with two attached hydrogens (primary N) is 1. The maximum Gasteiger partial charge on any atom is 0.332 e. The van der Waals surface area contributed by atoms with Gasteiger partial charge in [0.1, 0.15) is 17.9 Å². The van der Waals surface area contributed by atoms with Gasteiger partial charge in [0, 0.05) is 19.7 Å². The van der Waals surface area contributed by atoms with Crippen LogP contribution in [0.1, 0.15) is 20.7 Å². The predicted octanol–water partition coefficient (Wildman–Crippen LogP) is 0.489. The van der Waals surface area contributed by atoms with E-state index in [0.717, 1.165) is 20.3 Å². The fraction of sp³-hybridized carbons (Fsp3) is 0.174. The van der Waals surface area contributed by atoms with E-state index in [-0.39, 0.29) is 5.82 Å². The zero-order valence-corrected chi connectivity index (χ0v) is 18.0. The maximum atomic E-state index is 12.3. The molecule has 0 saturated heterocycles. The number of ketones is 1. The van der Waals surface area contributed by atoms with Gasteiger partial charge < -0.3 is 15.8 Å². The zero-order chi connectivity index (χ0) is 24.1. The summed E-state index contributed by atoms with van der Waals surface area (Å²) in [5.74, 6) is -2.55. The van der Waals surface area contributed by atoms with E-state index in [1.165, 1.54) is 14.1 Å². The number of anilines is 1. The van der Waals surface area contributed by atoms with Crippen LogP contribution >= 0.6 is 0 Å². The van der Waals surface area contributed by atoms with Crippen molar-refractivity contribution in [1.29, 1.82) is 0 Å². The average molecular weight is 450 g/mol. The Kier molecular flexibility index (Phi) is 6.87. The van der Waals surface area contributed by atoms with Crippen LogP contribution in [0.15, 0.2) is 64.2 Å². The third-order valence-electron chi connectivity index (χ3n) is 5.00. The highest BCUT2D eigenvalue weighted by Crippen LogP contribution is 2.19. The first-order valence-electron chi connectivity index (χ1n) is 9.88. The van der Waals surface area contributed by atoms with Crippen molar-refractivity contribution in [3.63, 3.8) is 0 Å². The molecule has 1 amide bonds. The summed E-state index contributed by atoms with van der Waals surface area (Å²) in [6, 6.07) is 16.5. The lowest BCUT2D eigenvalue weighted by Crippen LogP contribution is -2.42. The Morgan fingerprint density at radius 3 is 2.15 bits per heavy atom. The van der Waals surface area contributed by atoms with Gasteiger partial charge in [-0.1, -0.05) is 42.5 Å². The number of hydrogen-bond donors (Lipinski definition) is 2. The van der Waals surface area contributed by atoms with Crippen LogP contribution in [0.4, 0.5) is 5.82 Å². The number of nitrogens with zero attached hydrogens (tertiary/aromatic N) is 2. The summed E-state index contributed by atoms with van der Waals surface area (Å²) in [4.78, 5) is 60.6. The molecule has 10 heteroatoms. The van der Waals surface area contributed by atoms with Crippen molar-refractivity contribution in [3.05, 3.63) is 86.6 Å². The molecule has 3 aromatic rings. The molecule has 0 radical (unpaired) electrons. The van der Waals surface area contributed by atoms with Crippen LogP contribution in [0.2, 0.25) is 0 Å². The topological polar surface area (TPSA) is 142 Å². The molecule has 0 aliphatic heterocycles. The van der Waals surface area contributed by atoms with Crippen LogP contribution in [-0.2, 0) is 23.6 Å². The molecule has 0 unspecified atom stereocenters. The molecule has 170 valence electrons. The molecule has 1 heterocycles. The highest BCUT2D eigenvalue weighted by atomic mass is 16.5. The Labute approximate surface area is 188 Å². The first-order chi connectivity index (χ1) is 15.7. The minimum atomic E-state index is -0.885. The smallest absolute Gasteiger partial charge is 0.332 e. The molecule has 2 aromatic carbocycles. The maximum absolute atomic E-state index is 12.3. The molecule has 0 aliphatic rings. The number of esters is 1. The second-order valence-corrected chi connectivity index (χ2v) is 7.18.